The quantitative estimate of drug-likeness (QED) is 0.797. The van der Waals surface area contributed by atoms with Gasteiger partial charge in [-0.15, -0.1) is 0 Å². The molecule has 0 fully saturated rings. The Kier molecular flexibility index (Phi) is 4.55. The first-order valence-electron chi connectivity index (χ1n) is 5.53. The lowest BCUT2D eigenvalue weighted by molar-refractivity contribution is -0.146. The maximum Gasteiger partial charge on any atom is 0.325 e. The fraction of sp³-hybridized carbons (Fsp3) is 0.462. The third-order valence-corrected chi connectivity index (χ3v) is 2.67. The molecule has 2 N–H and O–H groups in total. The van der Waals surface area contributed by atoms with Crippen LogP contribution >= 0.6 is 0 Å². The zero-order valence-corrected chi connectivity index (χ0v) is 11.1. The fourth-order valence-electron chi connectivity index (χ4n) is 1.72. The number of methoxy groups -OCH3 is 3. The molecular formula is C13H19NO4. The summed E-state index contributed by atoms with van der Waals surface area (Å²) in [5.41, 5.74) is 5.73. The Morgan fingerprint density at radius 2 is 1.83 bits per heavy atom. The fourth-order valence-corrected chi connectivity index (χ4v) is 1.72. The van der Waals surface area contributed by atoms with Crippen LogP contribution in [-0.4, -0.2) is 32.8 Å². The van der Waals surface area contributed by atoms with Crippen molar-refractivity contribution in [2.24, 2.45) is 5.73 Å². The van der Waals surface area contributed by atoms with Crippen LogP contribution in [-0.2, 0) is 16.0 Å². The largest absolute Gasteiger partial charge is 0.493 e. The SMILES string of the molecule is COC(=O)[C@@](C)(N)Cc1ccc(OC)c(OC)c1. The minimum atomic E-state index is -1.06. The number of hydrogen-bond acceptors (Lipinski definition) is 5. The summed E-state index contributed by atoms with van der Waals surface area (Å²) in [5, 5.41) is 0. The molecule has 0 saturated carbocycles. The lowest BCUT2D eigenvalue weighted by atomic mass is 9.94. The van der Waals surface area contributed by atoms with Crippen molar-refractivity contribution in [1.29, 1.82) is 0 Å². The van der Waals surface area contributed by atoms with Gasteiger partial charge in [0.2, 0.25) is 0 Å². The minimum absolute atomic E-state index is 0.361. The lowest BCUT2D eigenvalue weighted by Gasteiger charge is -2.21. The summed E-state index contributed by atoms with van der Waals surface area (Å²) in [4.78, 5) is 11.5. The Bertz CT molecular complexity index is 429. The molecule has 0 aliphatic rings. The van der Waals surface area contributed by atoms with Crippen molar-refractivity contribution < 1.29 is 19.0 Å². The van der Waals surface area contributed by atoms with Gasteiger partial charge in [0, 0.05) is 6.42 Å². The van der Waals surface area contributed by atoms with E-state index in [1.807, 2.05) is 6.07 Å². The molecule has 5 heteroatoms. The molecule has 0 spiro atoms. The zero-order chi connectivity index (χ0) is 13.8. The van der Waals surface area contributed by atoms with Crippen LogP contribution in [0.25, 0.3) is 0 Å². The minimum Gasteiger partial charge on any atom is -0.493 e. The topological polar surface area (TPSA) is 70.8 Å². The van der Waals surface area contributed by atoms with E-state index >= 15 is 0 Å². The Labute approximate surface area is 107 Å². The molecule has 1 aromatic carbocycles. The Balaban J connectivity index is 2.95. The van der Waals surface area contributed by atoms with Crippen molar-refractivity contribution >= 4 is 5.97 Å². The van der Waals surface area contributed by atoms with E-state index in [2.05, 4.69) is 4.74 Å². The highest BCUT2D eigenvalue weighted by molar-refractivity contribution is 5.80. The molecule has 0 amide bonds. The van der Waals surface area contributed by atoms with Crippen LogP contribution < -0.4 is 15.2 Å². The van der Waals surface area contributed by atoms with Gasteiger partial charge in [-0.25, -0.2) is 0 Å². The second-order valence-corrected chi connectivity index (χ2v) is 4.28. The van der Waals surface area contributed by atoms with Gasteiger partial charge < -0.3 is 19.9 Å². The molecule has 1 rings (SSSR count). The second kappa shape index (κ2) is 5.73. The number of nitrogens with two attached hydrogens (primary N) is 1. The summed E-state index contributed by atoms with van der Waals surface area (Å²) in [5.74, 6) is 0.797. The molecule has 0 heterocycles. The summed E-state index contributed by atoms with van der Waals surface area (Å²) < 4.78 is 15.0. The summed E-state index contributed by atoms with van der Waals surface area (Å²) in [6, 6.07) is 5.42. The van der Waals surface area contributed by atoms with Crippen LogP contribution in [0.4, 0.5) is 0 Å². The Morgan fingerprint density at radius 3 is 2.33 bits per heavy atom. The van der Waals surface area contributed by atoms with E-state index in [0.717, 1.165) is 5.56 Å². The standard InChI is InChI=1S/C13H19NO4/c1-13(14,12(15)18-4)8-9-5-6-10(16-2)11(7-9)17-3/h5-7H,8,14H2,1-4H3/t13-/m0/s1. The molecule has 1 atom stereocenters. The molecule has 0 bridgehead atoms. The molecule has 0 aliphatic carbocycles. The summed E-state index contributed by atoms with van der Waals surface area (Å²) in [7, 11) is 4.45. The van der Waals surface area contributed by atoms with Crippen LogP contribution in [0, 0.1) is 0 Å². The maximum atomic E-state index is 11.5. The number of benzene rings is 1. The van der Waals surface area contributed by atoms with Gasteiger partial charge in [-0.1, -0.05) is 6.07 Å². The maximum absolute atomic E-state index is 11.5. The molecule has 0 saturated heterocycles. The van der Waals surface area contributed by atoms with Crippen molar-refractivity contribution in [2.75, 3.05) is 21.3 Å². The van der Waals surface area contributed by atoms with Crippen molar-refractivity contribution in [3.05, 3.63) is 23.8 Å². The Morgan fingerprint density at radius 1 is 1.22 bits per heavy atom. The van der Waals surface area contributed by atoms with E-state index < -0.39 is 11.5 Å². The molecule has 100 valence electrons. The number of rotatable bonds is 5. The van der Waals surface area contributed by atoms with Crippen LogP contribution in [0.2, 0.25) is 0 Å². The van der Waals surface area contributed by atoms with Gasteiger partial charge in [0.15, 0.2) is 11.5 Å². The first-order valence-corrected chi connectivity index (χ1v) is 5.53. The highest BCUT2D eigenvalue weighted by Crippen LogP contribution is 2.28. The first-order chi connectivity index (χ1) is 8.44. The molecule has 0 aliphatic heterocycles. The van der Waals surface area contributed by atoms with Gasteiger partial charge in [-0.3, -0.25) is 4.79 Å². The van der Waals surface area contributed by atoms with E-state index in [4.69, 9.17) is 15.2 Å². The first kappa shape index (κ1) is 14.3. The molecule has 0 radical (unpaired) electrons. The molecule has 5 nitrogen and oxygen atoms in total. The summed E-state index contributed by atoms with van der Waals surface area (Å²) >= 11 is 0. The highest BCUT2D eigenvalue weighted by Gasteiger charge is 2.29. The van der Waals surface area contributed by atoms with E-state index in [1.165, 1.54) is 7.11 Å². The van der Waals surface area contributed by atoms with Crippen molar-refractivity contribution in [3.8, 4) is 11.5 Å². The molecule has 0 aromatic heterocycles. The summed E-state index contributed by atoms with van der Waals surface area (Å²) in [6.07, 6.45) is 0.361. The zero-order valence-electron chi connectivity index (χ0n) is 11.1. The van der Waals surface area contributed by atoms with E-state index in [9.17, 15) is 4.79 Å². The Hall–Kier alpha value is -1.75. The average Bonchev–Trinajstić information content (AvgIpc) is 2.36. The molecule has 0 unspecified atom stereocenters. The van der Waals surface area contributed by atoms with E-state index in [-0.39, 0.29) is 0 Å². The third-order valence-electron chi connectivity index (χ3n) is 2.67. The van der Waals surface area contributed by atoms with Gasteiger partial charge in [0.05, 0.1) is 21.3 Å². The van der Waals surface area contributed by atoms with Crippen molar-refractivity contribution in [2.45, 2.75) is 18.9 Å². The molecule has 1 aromatic rings. The van der Waals surface area contributed by atoms with Gasteiger partial charge >= 0.3 is 5.97 Å². The van der Waals surface area contributed by atoms with Gasteiger partial charge in [-0.2, -0.15) is 0 Å². The van der Waals surface area contributed by atoms with E-state index in [0.29, 0.717) is 17.9 Å². The lowest BCUT2D eigenvalue weighted by Crippen LogP contribution is -2.47. The van der Waals surface area contributed by atoms with Crippen LogP contribution in [0.5, 0.6) is 11.5 Å². The molecular weight excluding hydrogens is 234 g/mol. The van der Waals surface area contributed by atoms with E-state index in [1.54, 1.807) is 33.3 Å². The predicted octanol–water partition coefficient (Wildman–Crippen LogP) is 1.14. The highest BCUT2D eigenvalue weighted by atomic mass is 16.5. The normalized spacial score (nSPS) is 13.6. The average molecular weight is 253 g/mol. The van der Waals surface area contributed by atoms with Gasteiger partial charge in [-0.05, 0) is 24.6 Å². The number of esters is 1. The predicted molar refractivity (Wildman–Crippen MR) is 67.9 cm³/mol. The van der Waals surface area contributed by atoms with Crippen LogP contribution in [0.15, 0.2) is 18.2 Å². The van der Waals surface area contributed by atoms with Crippen LogP contribution in [0.3, 0.4) is 0 Å². The summed E-state index contributed by atoms with van der Waals surface area (Å²) in [6.45, 7) is 1.63. The van der Waals surface area contributed by atoms with Crippen LogP contribution in [0.1, 0.15) is 12.5 Å². The number of carbonyl (C=O) groups excluding carboxylic acids is 1. The van der Waals surface area contributed by atoms with Gasteiger partial charge in [0.25, 0.3) is 0 Å². The van der Waals surface area contributed by atoms with Crippen molar-refractivity contribution in [1.82, 2.24) is 0 Å². The molecule has 18 heavy (non-hydrogen) atoms. The third kappa shape index (κ3) is 3.13. The second-order valence-electron chi connectivity index (χ2n) is 4.28. The van der Waals surface area contributed by atoms with Gasteiger partial charge in [0.1, 0.15) is 5.54 Å². The van der Waals surface area contributed by atoms with Crippen molar-refractivity contribution in [3.63, 3.8) is 0 Å². The number of carbonyl (C=O) groups is 1. The smallest absolute Gasteiger partial charge is 0.325 e. The monoisotopic (exact) mass is 253 g/mol. The number of hydrogen-bond donors (Lipinski definition) is 1. The number of ether oxygens (including phenoxy) is 3.